The number of esters is 1. The molecule has 2 fully saturated rings. The molecule has 0 aromatic heterocycles. The van der Waals surface area contributed by atoms with Gasteiger partial charge in [-0.3, -0.25) is 19.3 Å². The van der Waals surface area contributed by atoms with Crippen molar-refractivity contribution in [3.63, 3.8) is 0 Å². The van der Waals surface area contributed by atoms with Crippen molar-refractivity contribution in [2.75, 3.05) is 13.2 Å². The zero-order chi connectivity index (χ0) is 17.4. The number of nitrogens with zero attached hydrogens (tertiary/aromatic N) is 1. The summed E-state index contributed by atoms with van der Waals surface area (Å²) in [6.45, 7) is 5.08. The second-order valence-corrected chi connectivity index (χ2v) is 7.38. The normalized spacial score (nSPS) is 29.5. The first-order chi connectivity index (χ1) is 10.5. The van der Waals surface area contributed by atoms with Crippen LogP contribution in [0.4, 0.5) is 4.79 Å². The van der Waals surface area contributed by atoms with Gasteiger partial charge >= 0.3 is 12.0 Å². The molecule has 1 spiro atoms. The predicted octanol–water partition coefficient (Wildman–Crippen LogP) is 0.152. The molecule has 0 aromatic rings. The maximum Gasteiger partial charge on any atom is 0.326 e. The highest BCUT2D eigenvalue weighted by Crippen LogP contribution is 2.46. The summed E-state index contributed by atoms with van der Waals surface area (Å²) in [5.74, 6) is -1.76. The fourth-order valence-electron chi connectivity index (χ4n) is 3.98. The molecule has 1 saturated heterocycles. The molecular formula is C15H23N3O5. The van der Waals surface area contributed by atoms with Gasteiger partial charge in [-0.05, 0) is 30.6 Å². The minimum Gasteiger partial charge on any atom is -0.454 e. The molecule has 0 aromatic carbocycles. The van der Waals surface area contributed by atoms with Crippen LogP contribution in [0.2, 0.25) is 0 Å². The van der Waals surface area contributed by atoms with Crippen LogP contribution in [-0.2, 0) is 19.1 Å². The molecule has 8 heteroatoms. The largest absolute Gasteiger partial charge is 0.454 e. The number of ether oxygens (including phenoxy) is 1. The van der Waals surface area contributed by atoms with Crippen LogP contribution >= 0.6 is 0 Å². The van der Waals surface area contributed by atoms with Gasteiger partial charge in [-0.1, -0.05) is 20.8 Å². The maximum absolute atomic E-state index is 12.7. The summed E-state index contributed by atoms with van der Waals surface area (Å²) in [6.07, 6.45) is 2.05. The molecule has 2 aliphatic rings. The summed E-state index contributed by atoms with van der Waals surface area (Å²) in [4.78, 5) is 48.0. The molecule has 1 aliphatic carbocycles. The molecule has 0 radical (unpaired) electrons. The van der Waals surface area contributed by atoms with Crippen LogP contribution in [0.15, 0.2) is 0 Å². The van der Waals surface area contributed by atoms with E-state index in [9.17, 15) is 19.2 Å². The van der Waals surface area contributed by atoms with E-state index in [2.05, 4.69) is 23.9 Å². The average molecular weight is 325 g/mol. The first-order valence-electron chi connectivity index (χ1n) is 7.63. The van der Waals surface area contributed by atoms with Crippen LogP contribution in [0.5, 0.6) is 0 Å². The number of hydrogen-bond donors (Lipinski definition) is 2. The number of hydrogen-bond acceptors (Lipinski definition) is 5. The van der Waals surface area contributed by atoms with Gasteiger partial charge in [0.05, 0.1) is 0 Å². The average Bonchev–Trinajstić information content (AvgIpc) is 2.58. The Morgan fingerprint density at radius 2 is 2.00 bits per heavy atom. The molecule has 0 unspecified atom stereocenters. The van der Waals surface area contributed by atoms with Crippen LogP contribution in [0.25, 0.3) is 0 Å². The SMILES string of the molecule is C[C@H]1CC(C)(C)C[C@@]2(C1)NC(=O)N(CC(=O)OCC(N)=O)C2=O. The molecule has 8 nitrogen and oxygen atoms in total. The van der Waals surface area contributed by atoms with Gasteiger partial charge in [0.2, 0.25) is 0 Å². The lowest BCUT2D eigenvalue weighted by atomic mass is 9.64. The van der Waals surface area contributed by atoms with E-state index >= 15 is 0 Å². The van der Waals surface area contributed by atoms with E-state index in [0.29, 0.717) is 12.8 Å². The molecule has 1 heterocycles. The molecule has 23 heavy (non-hydrogen) atoms. The zero-order valence-corrected chi connectivity index (χ0v) is 13.7. The van der Waals surface area contributed by atoms with Crippen molar-refractivity contribution in [2.24, 2.45) is 17.1 Å². The minimum absolute atomic E-state index is 0.0803. The Kier molecular flexibility index (Phi) is 4.37. The second-order valence-electron chi connectivity index (χ2n) is 7.38. The molecule has 128 valence electrons. The Balaban J connectivity index is 2.10. The molecule has 1 saturated carbocycles. The van der Waals surface area contributed by atoms with Crippen LogP contribution in [0.3, 0.4) is 0 Å². The van der Waals surface area contributed by atoms with E-state index < -0.39 is 42.5 Å². The van der Waals surface area contributed by atoms with Crippen molar-refractivity contribution in [3.05, 3.63) is 0 Å². The highest BCUT2D eigenvalue weighted by molar-refractivity contribution is 6.08. The summed E-state index contributed by atoms with van der Waals surface area (Å²) in [5.41, 5.74) is 3.85. The molecule has 3 N–H and O–H groups in total. The Hall–Kier alpha value is -2.12. The van der Waals surface area contributed by atoms with Crippen LogP contribution in [0, 0.1) is 11.3 Å². The number of urea groups is 1. The van der Waals surface area contributed by atoms with E-state index in [-0.39, 0.29) is 11.3 Å². The van der Waals surface area contributed by atoms with Gasteiger partial charge < -0.3 is 15.8 Å². The monoisotopic (exact) mass is 325 g/mol. The molecule has 1 aliphatic heterocycles. The van der Waals surface area contributed by atoms with Crippen molar-refractivity contribution in [3.8, 4) is 0 Å². The van der Waals surface area contributed by atoms with Gasteiger partial charge in [-0.15, -0.1) is 0 Å². The maximum atomic E-state index is 12.7. The van der Waals surface area contributed by atoms with Crippen molar-refractivity contribution < 1.29 is 23.9 Å². The van der Waals surface area contributed by atoms with Crippen molar-refractivity contribution >= 4 is 23.8 Å². The number of rotatable bonds is 4. The first-order valence-corrected chi connectivity index (χ1v) is 7.63. The number of carbonyl (C=O) groups is 4. The third-order valence-corrected chi connectivity index (χ3v) is 4.29. The number of imide groups is 1. The van der Waals surface area contributed by atoms with Gasteiger partial charge in [0.25, 0.3) is 11.8 Å². The van der Waals surface area contributed by atoms with E-state index in [4.69, 9.17) is 5.73 Å². The number of carbonyl (C=O) groups excluding carboxylic acids is 4. The molecule has 2 atom stereocenters. The lowest BCUT2D eigenvalue weighted by molar-refractivity contribution is -0.151. The van der Waals surface area contributed by atoms with Gasteiger partial charge in [-0.25, -0.2) is 4.79 Å². The topological polar surface area (TPSA) is 119 Å². The Morgan fingerprint density at radius 1 is 1.35 bits per heavy atom. The molecule has 0 bridgehead atoms. The third kappa shape index (κ3) is 3.62. The summed E-state index contributed by atoms with van der Waals surface area (Å²) in [6, 6.07) is -0.601. The standard InChI is InChI=1S/C15H23N3O5/c1-9-4-14(2,3)8-15(5-9)12(21)18(13(22)17-15)6-11(20)23-7-10(16)19/h9H,4-8H2,1-3H3,(H2,16,19)(H,17,22)/t9-,15+/m0/s1. The van der Waals surface area contributed by atoms with Crippen LogP contribution in [0.1, 0.15) is 40.0 Å². The summed E-state index contributed by atoms with van der Waals surface area (Å²) < 4.78 is 4.61. The fourth-order valence-corrected chi connectivity index (χ4v) is 3.98. The van der Waals surface area contributed by atoms with Crippen LogP contribution < -0.4 is 11.1 Å². The lowest BCUT2D eigenvalue weighted by Crippen LogP contribution is -2.54. The molecular weight excluding hydrogens is 302 g/mol. The summed E-state index contributed by atoms with van der Waals surface area (Å²) >= 11 is 0. The highest BCUT2D eigenvalue weighted by Gasteiger charge is 2.56. The Bertz CT molecular complexity index is 559. The predicted molar refractivity (Wildman–Crippen MR) is 79.9 cm³/mol. The highest BCUT2D eigenvalue weighted by atomic mass is 16.5. The Morgan fingerprint density at radius 3 is 2.57 bits per heavy atom. The van der Waals surface area contributed by atoms with Crippen molar-refractivity contribution in [2.45, 2.75) is 45.6 Å². The third-order valence-electron chi connectivity index (χ3n) is 4.29. The molecule has 2 rings (SSSR count). The van der Waals surface area contributed by atoms with Gasteiger partial charge in [-0.2, -0.15) is 0 Å². The van der Waals surface area contributed by atoms with Crippen LogP contribution in [-0.4, -0.2) is 47.4 Å². The van der Waals surface area contributed by atoms with E-state index in [0.717, 1.165) is 11.3 Å². The lowest BCUT2D eigenvalue weighted by Gasteiger charge is -2.43. The Labute approximate surface area is 134 Å². The molecule has 4 amide bonds. The fraction of sp³-hybridized carbons (Fsp3) is 0.733. The first kappa shape index (κ1) is 17.2. The van der Waals surface area contributed by atoms with E-state index in [1.54, 1.807) is 0 Å². The number of amides is 4. The summed E-state index contributed by atoms with van der Waals surface area (Å²) in [7, 11) is 0. The van der Waals surface area contributed by atoms with E-state index in [1.807, 2.05) is 6.92 Å². The van der Waals surface area contributed by atoms with E-state index in [1.165, 1.54) is 0 Å². The second kappa shape index (κ2) is 5.82. The summed E-state index contributed by atoms with van der Waals surface area (Å²) in [5, 5.41) is 2.76. The van der Waals surface area contributed by atoms with Crippen molar-refractivity contribution in [1.82, 2.24) is 10.2 Å². The zero-order valence-electron chi connectivity index (χ0n) is 13.7. The quantitative estimate of drug-likeness (QED) is 0.563. The minimum atomic E-state index is -0.956. The number of primary amides is 1. The number of nitrogens with one attached hydrogen (secondary N) is 1. The smallest absolute Gasteiger partial charge is 0.326 e. The van der Waals surface area contributed by atoms with Crippen molar-refractivity contribution in [1.29, 1.82) is 0 Å². The van der Waals surface area contributed by atoms with Gasteiger partial charge in [0.15, 0.2) is 6.61 Å². The number of nitrogens with two attached hydrogens (primary N) is 1. The van der Waals surface area contributed by atoms with Gasteiger partial charge in [0, 0.05) is 0 Å². The van der Waals surface area contributed by atoms with Gasteiger partial charge in [0.1, 0.15) is 12.1 Å².